The van der Waals surface area contributed by atoms with E-state index in [-0.39, 0.29) is 30.1 Å². The lowest BCUT2D eigenvalue weighted by Crippen LogP contribution is -2.47. The van der Waals surface area contributed by atoms with Gasteiger partial charge in [0.2, 0.25) is 0 Å². The van der Waals surface area contributed by atoms with Crippen LogP contribution in [-0.2, 0) is 14.6 Å². The molecule has 1 atom stereocenters. The molecule has 1 saturated heterocycles. The largest absolute Gasteiger partial charge is 0.484 e. The molecule has 0 N–H and O–H groups in total. The highest BCUT2D eigenvalue weighted by atomic mass is 32.2. The van der Waals surface area contributed by atoms with Crippen molar-refractivity contribution >= 4 is 26.5 Å². The molecule has 0 saturated carbocycles. The maximum Gasteiger partial charge on any atom is 0.260 e. The second kappa shape index (κ2) is 9.59. The van der Waals surface area contributed by atoms with Crippen molar-refractivity contribution in [2.24, 2.45) is 0 Å². The molecule has 0 bridgehead atoms. The molecule has 1 unspecified atom stereocenters. The number of likely N-dealkylation sites (N-methyl/N-ethyl adjacent to an activating group) is 1. The third-order valence-electron chi connectivity index (χ3n) is 5.60. The average molecular weight is 419 g/mol. The Kier molecular flexibility index (Phi) is 7.14. The lowest BCUT2D eigenvalue weighted by atomic mass is 10.1. The van der Waals surface area contributed by atoms with E-state index in [1.165, 1.54) is 0 Å². The van der Waals surface area contributed by atoms with Crippen molar-refractivity contribution in [2.75, 3.05) is 44.3 Å². The minimum absolute atomic E-state index is 0.0486. The quantitative estimate of drug-likeness (QED) is 0.626. The average Bonchev–Trinajstić information content (AvgIpc) is 3.08. The zero-order chi connectivity index (χ0) is 20.9. The molecular weight excluding hydrogens is 388 g/mol. The van der Waals surface area contributed by atoms with Gasteiger partial charge < -0.3 is 14.5 Å². The van der Waals surface area contributed by atoms with Gasteiger partial charge in [-0.25, -0.2) is 8.42 Å². The summed E-state index contributed by atoms with van der Waals surface area (Å²) in [5, 5.41) is 2.17. The van der Waals surface area contributed by atoms with Crippen LogP contribution in [0.4, 0.5) is 0 Å². The van der Waals surface area contributed by atoms with Crippen molar-refractivity contribution in [1.29, 1.82) is 0 Å². The first kappa shape index (κ1) is 21.6. The first-order valence-corrected chi connectivity index (χ1v) is 12.1. The number of ether oxygens (including phenoxy) is 1. The van der Waals surface area contributed by atoms with Gasteiger partial charge in [0.15, 0.2) is 16.4 Å². The first-order chi connectivity index (χ1) is 13.9. The summed E-state index contributed by atoms with van der Waals surface area (Å²) >= 11 is 0. The molecule has 1 amide bonds. The number of hydrogen-bond acceptors (Lipinski definition) is 5. The number of carbonyl (C=O) groups is 1. The monoisotopic (exact) mass is 418 g/mol. The van der Waals surface area contributed by atoms with Crippen molar-refractivity contribution < 1.29 is 17.9 Å². The summed E-state index contributed by atoms with van der Waals surface area (Å²) in [7, 11) is -3.06. The van der Waals surface area contributed by atoms with E-state index in [0.717, 1.165) is 30.4 Å². The number of sulfone groups is 1. The first-order valence-electron chi connectivity index (χ1n) is 10.3. The van der Waals surface area contributed by atoms with Gasteiger partial charge in [-0.2, -0.15) is 0 Å². The van der Waals surface area contributed by atoms with Gasteiger partial charge in [0.25, 0.3) is 5.91 Å². The van der Waals surface area contributed by atoms with Crippen molar-refractivity contribution in [1.82, 2.24) is 9.80 Å². The standard InChI is InChI=1S/C22H30N2O4S/c1-3-23(4-2)12-13-24(20-11-14-29(26,27)17-20)22(25)16-28-21-10-9-18-7-5-6-8-19(18)15-21/h5-10,15,20H,3-4,11-14,16-17H2,1-2H3. The number of fused-ring (bicyclic) bond motifs is 1. The fraction of sp³-hybridized carbons (Fsp3) is 0.500. The summed E-state index contributed by atoms with van der Waals surface area (Å²) in [5.74, 6) is 0.679. The van der Waals surface area contributed by atoms with Gasteiger partial charge >= 0.3 is 0 Å². The van der Waals surface area contributed by atoms with Crippen molar-refractivity contribution in [3.63, 3.8) is 0 Å². The Morgan fingerprint density at radius 1 is 1.07 bits per heavy atom. The highest BCUT2D eigenvalue weighted by Gasteiger charge is 2.34. The molecule has 2 aromatic carbocycles. The highest BCUT2D eigenvalue weighted by Crippen LogP contribution is 2.22. The molecule has 0 aromatic heterocycles. The molecule has 2 aromatic rings. The molecule has 0 spiro atoms. The van der Waals surface area contributed by atoms with Gasteiger partial charge in [-0.05, 0) is 42.4 Å². The number of hydrogen-bond donors (Lipinski definition) is 0. The van der Waals surface area contributed by atoms with Crippen LogP contribution in [0.15, 0.2) is 42.5 Å². The maximum atomic E-state index is 13.0. The Bertz CT molecular complexity index is 941. The molecular formula is C22H30N2O4S. The lowest BCUT2D eigenvalue weighted by Gasteiger charge is -2.30. The van der Waals surface area contributed by atoms with Crippen molar-refractivity contribution in [3.05, 3.63) is 42.5 Å². The summed E-state index contributed by atoms with van der Waals surface area (Å²) in [6.45, 7) is 7.11. The highest BCUT2D eigenvalue weighted by molar-refractivity contribution is 7.91. The van der Waals surface area contributed by atoms with E-state index in [1.807, 2.05) is 42.5 Å². The molecule has 7 heteroatoms. The van der Waals surface area contributed by atoms with E-state index in [1.54, 1.807) is 4.90 Å². The van der Waals surface area contributed by atoms with Crippen LogP contribution in [0.5, 0.6) is 5.75 Å². The molecule has 1 aliphatic rings. The molecule has 0 aliphatic carbocycles. The third-order valence-corrected chi connectivity index (χ3v) is 7.35. The van der Waals surface area contributed by atoms with Gasteiger partial charge in [-0.15, -0.1) is 0 Å². The van der Waals surface area contributed by atoms with Crippen LogP contribution in [0.25, 0.3) is 10.8 Å². The van der Waals surface area contributed by atoms with Crippen LogP contribution in [0.2, 0.25) is 0 Å². The van der Waals surface area contributed by atoms with Gasteiger partial charge in [0.1, 0.15) is 5.75 Å². The van der Waals surface area contributed by atoms with Crippen LogP contribution in [0.1, 0.15) is 20.3 Å². The van der Waals surface area contributed by atoms with Crippen LogP contribution >= 0.6 is 0 Å². The number of nitrogens with zero attached hydrogens (tertiary/aromatic N) is 2. The molecule has 1 aliphatic heterocycles. The second-order valence-corrected chi connectivity index (χ2v) is 9.70. The fourth-order valence-electron chi connectivity index (χ4n) is 3.81. The summed E-state index contributed by atoms with van der Waals surface area (Å²) in [5.41, 5.74) is 0. The smallest absolute Gasteiger partial charge is 0.260 e. The molecule has 0 radical (unpaired) electrons. The minimum atomic E-state index is -3.06. The maximum absolute atomic E-state index is 13.0. The van der Waals surface area contributed by atoms with Gasteiger partial charge in [0.05, 0.1) is 11.5 Å². The predicted molar refractivity (Wildman–Crippen MR) is 116 cm³/mol. The van der Waals surface area contributed by atoms with E-state index in [4.69, 9.17) is 4.74 Å². The van der Waals surface area contributed by atoms with E-state index in [0.29, 0.717) is 18.7 Å². The third kappa shape index (κ3) is 5.70. The second-order valence-electron chi connectivity index (χ2n) is 7.47. The fourth-order valence-corrected chi connectivity index (χ4v) is 5.54. The summed E-state index contributed by atoms with van der Waals surface area (Å²) in [6.07, 6.45) is 0.502. The molecule has 1 fully saturated rings. The van der Waals surface area contributed by atoms with E-state index < -0.39 is 9.84 Å². The van der Waals surface area contributed by atoms with Crippen LogP contribution in [0, 0.1) is 0 Å². The van der Waals surface area contributed by atoms with E-state index >= 15 is 0 Å². The van der Waals surface area contributed by atoms with E-state index in [2.05, 4.69) is 18.7 Å². The Hall–Kier alpha value is -2.12. The topological polar surface area (TPSA) is 66.9 Å². The SMILES string of the molecule is CCN(CC)CCN(C(=O)COc1ccc2ccccc2c1)C1CCS(=O)(=O)C1. The molecule has 158 valence electrons. The van der Waals surface area contributed by atoms with Crippen LogP contribution < -0.4 is 4.74 Å². The molecule has 1 heterocycles. The van der Waals surface area contributed by atoms with Crippen LogP contribution in [-0.4, -0.2) is 74.5 Å². The molecule has 6 nitrogen and oxygen atoms in total. The molecule has 29 heavy (non-hydrogen) atoms. The molecule has 3 rings (SSSR count). The normalized spacial score (nSPS) is 18.2. The Labute approximate surface area is 173 Å². The zero-order valence-corrected chi connectivity index (χ0v) is 18.0. The van der Waals surface area contributed by atoms with Crippen LogP contribution in [0.3, 0.4) is 0 Å². The summed E-state index contributed by atoms with van der Waals surface area (Å²) in [6, 6.07) is 13.5. The minimum Gasteiger partial charge on any atom is -0.484 e. The lowest BCUT2D eigenvalue weighted by molar-refractivity contribution is -0.135. The number of rotatable bonds is 9. The zero-order valence-electron chi connectivity index (χ0n) is 17.2. The number of benzene rings is 2. The summed E-state index contributed by atoms with van der Waals surface area (Å²) < 4.78 is 29.7. The Morgan fingerprint density at radius 3 is 2.45 bits per heavy atom. The van der Waals surface area contributed by atoms with Crippen molar-refractivity contribution in [2.45, 2.75) is 26.3 Å². The summed E-state index contributed by atoms with van der Waals surface area (Å²) in [4.78, 5) is 16.9. The van der Waals surface area contributed by atoms with E-state index in [9.17, 15) is 13.2 Å². The Morgan fingerprint density at radius 2 is 1.79 bits per heavy atom. The number of amides is 1. The van der Waals surface area contributed by atoms with Gasteiger partial charge in [-0.3, -0.25) is 4.79 Å². The number of carbonyl (C=O) groups excluding carboxylic acids is 1. The van der Waals surface area contributed by atoms with Gasteiger partial charge in [-0.1, -0.05) is 44.2 Å². The Balaban J connectivity index is 1.67. The predicted octanol–water partition coefficient (Wildman–Crippen LogP) is 2.58. The van der Waals surface area contributed by atoms with Crippen molar-refractivity contribution in [3.8, 4) is 5.75 Å². The van der Waals surface area contributed by atoms with Gasteiger partial charge in [0, 0.05) is 19.1 Å².